The highest BCUT2D eigenvalue weighted by Gasteiger charge is 2.39. The molecule has 13 nitrogen and oxygen atoms in total. The highest BCUT2D eigenvalue weighted by Crippen LogP contribution is 2.31. The summed E-state index contributed by atoms with van der Waals surface area (Å²) in [7, 11) is 1.35. The first-order valence-corrected chi connectivity index (χ1v) is 17.0. The lowest BCUT2D eigenvalue weighted by Gasteiger charge is -2.40. The monoisotopic (exact) mass is 682 g/mol. The number of nitrogens with one attached hydrogen (secondary N) is 2. The minimum atomic E-state index is -1.16. The van der Waals surface area contributed by atoms with Crippen LogP contribution in [0.5, 0.6) is 5.75 Å². The molecule has 0 unspecified atom stereocenters. The van der Waals surface area contributed by atoms with Crippen molar-refractivity contribution in [2.45, 2.75) is 91.0 Å². The van der Waals surface area contributed by atoms with Crippen LogP contribution < -0.4 is 20.8 Å². The Labute approximate surface area is 287 Å². The van der Waals surface area contributed by atoms with Crippen LogP contribution in [0.2, 0.25) is 0 Å². The number of likely N-dealkylation sites (tertiary alicyclic amines) is 1. The topological polar surface area (TPSA) is 168 Å². The lowest BCUT2D eigenvalue weighted by Crippen LogP contribution is -2.58. The summed E-state index contributed by atoms with van der Waals surface area (Å²) in [5, 5.41) is 15.8. The molecule has 2 aromatic rings. The second-order valence-corrected chi connectivity index (χ2v) is 14.1. The summed E-state index contributed by atoms with van der Waals surface area (Å²) < 4.78 is 15.7. The Kier molecular flexibility index (Phi) is 13.1. The van der Waals surface area contributed by atoms with Crippen molar-refractivity contribution in [2.75, 3.05) is 26.7 Å². The normalized spacial score (nSPS) is 16.8. The summed E-state index contributed by atoms with van der Waals surface area (Å²) in [5.41, 5.74) is -0.175. The van der Waals surface area contributed by atoms with Gasteiger partial charge in [0.15, 0.2) is 0 Å². The molecule has 1 aromatic heterocycles. The molecule has 1 aliphatic heterocycles. The maximum atomic E-state index is 14.0. The zero-order valence-corrected chi connectivity index (χ0v) is 28.9. The van der Waals surface area contributed by atoms with Crippen LogP contribution in [0.1, 0.15) is 77.0 Å². The lowest BCUT2D eigenvalue weighted by atomic mass is 9.84. The van der Waals surface area contributed by atoms with E-state index in [2.05, 4.69) is 10.6 Å². The predicted octanol–water partition coefficient (Wildman–Crippen LogP) is 4.77. The van der Waals surface area contributed by atoms with Gasteiger partial charge in [0, 0.05) is 31.7 Å². The SMILES string of the molecule is COc1coc(CN(C(=O)O)C2CCN(C(=O)[C@@H](NC(=O)[C@@H](CNC(=O)OCc3ccccc3)CC3CCCC3)C(C)(C)C)CC2)cc1=O. The van der Waals surface area contributed by atoms with E-state index in [-0.39, 0.29) is 43.0 Å². The van der Waals surface area contributed by atoms with E-state index in [9.17, 15) is 29.1 Å². The van der Waals surface area contributed by atoms with Crippen LogP contribution in [0.25, 0.3) is 0 Å². The molecule has 1 saturated heterocycles. The molecule has 268 valence electrons. The van der Waals surface area contributed by atoms with Crippen molar-refractivity contribution in [3.05, 3.63) is 64.2 Å². The molecule has 49 heavy (non-hydrogen) atoms. The first kappa shape index (κ1) is 37.3. The molecule has 1 aromatic carbocycles. The average Bonchev–Trinajstić information content (AvgIpc) is 3.60. The third-order valence-electron chi connectivity index (χ3n) is 9.43. The van der Waals surface area contributed by atoms with Gasteiger partial charge in [-0.2, -0.15) is 0 Å². The number of carboxylic acid groups (broad SMARTS) is 1. The molecular formula is C36H50N4O9. The number of carbonyl (C=O) groups is 4. The number of amides is 4. The fraction of sp³-hybridized carbons (Fsp3) is 0.583. The van der Waals surface area contributed by atoms with Crippen molar-refractivity contribution in [1.29, 1.82) is 0 Å². The van der Waals surface area contributed by atoms with Gasteiger partial charge in [-0.3, -0.25) is 19.3 Å². The van der Waals surface area contributed by atoms with Crippen LogP contribution in [0.4, 0.5) is 9.59 Å². The first-order chi connectivity index (χ1) is 23.3. The van der Waals surface area contributed by atoms with E-state index < -0.39 is 41.0 Å². The fourth-order valence-corrected chi connectivity index (χ4v) is 6.59. The number of rotatable bonds is 13. The Morgan fingerprint density at radius 1 is 1.06 bits per heavy atom. The molecule has 2 fully saturated rings. The highest BCUT2D eigenvalue weighted by atomic mass is 16.5. The molecule has 2 heterocycles. The van der Waals surface area contributed by atoms with Gasteiger partial charge in [0.05, 0.1) is 19.6 Å². The van der Waals surface area contributed by atoms with Crippen molar-refractivity contribution >= 4 is 24.0 Å². The molecule has 2 atom stereocenters. The van der Waals surface area contributed by atoms with Crippen LogP contribution in [0.3, 0.4) is 0 Å². The maximum absolute atomic E-state index is 14.0. The van der Waals surface area contributed by atoms with E-state index in [1.54, 1.807) is 4.90 Å². The summed E-state index contributed by atoms with van der Waals surface area (Å²) in [6.45, 7) is 6.35. The second-order valence-electron chi connectivity index (χ2n) is 14.1. The van der Waals surface area contributed by atoms with Crippen molar-refractivity contribution in [1.82, 2.24) is 20.4 Å². The minimum absolute atomic E-state index is 0.0281. The van der Waals surface area contributed by atoms with Crippen LogP contribution in [-0.2, 0) is 27.5 Å². The Morgan fingerprint density at radius 2 is 1.73 bits per heavy atom. The zero-order chi connectivity index (χ0) is 35.6. The van der Waals surface area contributed by atoms with E-state index >= 15 is 0 Å². The molecule has 1 aliphatic carbocycles. The highest BCUT2D eigenvalue weighted by molar-refractivity contribution is 5.89. The number of piperidine rings is 1. The number of methoxy groups -OCH3 is 1. The smallest absolute Gasteiger partial charge is 0.407 e. The molecule has 13 heteroatoms. The Balaban J connectivity index is 1.37. The molecule has 0 spiro atoms. The number of carbonyl (C=O) groups excluding carboxylic acids is 3. The fourth-order valence-electron chi connectivity index (χ4n) is 6.59. The molecule has 0 radical (unpaired) electrons. The Morgan fingerprint density at radius 3 is 2.33 bits per heavy atom. The zero-order valence-electron chi connectivity index (χ0n) is 28.9. The summed E-state index contributed by atoms with van der Waals surface area (Å²) in [6.07, 6.45) is 5.01. The van der Waals surface area contributed by atoms with Gasteiger partial charge in [0.25, 0.3) is 0 Å². The number of alkyl carbamates (subject to hydrolysis) is 1. The molecule has 4 rings (SSSR count). The van der Waals surface area contributed by atoms with Gasteiger partial charge in [-0.25, -0.2) is 9.59 Å². The minimum Gasteiger partial charge on any atom is -0.490 e. The molecule has 2 aliphatic rings. The third kappa shape index (κ3) is 10.7. The van der Waals surface area contributed by atoms with Crippen molar-refractivity contribution < 1.29 is 38.2 Å². The standard InChI is InChI=1S/C36H50N4O9/c1-36(2,3)31(33(43)39-16-14-27(15-17-39)40(35(45)46)21-28-19-29(41)30(47-4)23-48-28)38-32(42)26(18-24-10-8-9-11-24)20-37-34(44)49-22-25-12-6-5-7-13-25/h5-7,12-13,19,23-24,26-27,31H,8-11,14-18,20-22H2,1-4H3,(H,37,44)(H,38,42)(H,45,46)/t26-,31-/m1/s1. The quantitative estimate of drug-likeness (QED) is 0.270. The van der Waals surface area contributed by atoms with Gasteiger partial charge >= 0.3 is 12.2 Å². The van der Waals surface area contributed by atoms with Crippen LogP contribution >= 0.6 is 0 Å². The number of nitrogens with zero attached hydrogens (tertiary/aromatic N) is 2. The molecule has 3 N–H and O–H groups in total. The van der Waals surface area contributed by atoms with Crippen LogP contribution in [-0.4, -0.2) is 77.7 Å². The van der Waals surface area contributed by atoms with Gasteiger partial charge in [-0.15, -0.1) is 0 Å². The number of ether oxygens (including phenoxy) is 2. The molecule has 1 saturated carbocycles. The summed E-state index contributed by atoms with van der Waals surface area (Å²) in [6, 6.07) is 9.31. The van der Waals surface area contributed by atoms with Gasteiger partial charge in [-0.05, 0) is 36.2 Å². The van der Waals surface area contributed by atoms with Gasteiger partial charge < -0.3 is 34.5 Å². The van der Waals surface area contributed by atoms with Crippen LogP contribution in [0, 0.1) is 17.3 Å². The number of hydrogen-bond donors (Lipinski definition) is 3. The molecule has 4 amide bonds. The Bertz CT molecular complexity index is 1480. The van der Waals surface area contributed by atoms with E-state index in [0.717, 1.165) is 37.5 Å². The molecular weight excluding hydrogens is 632 g/mol. The van der Waals surface area contributed by atoms with E-state index in [0.29, 0.717) is 38.3 Å². The van der Waals surface area contributed by atoms with Gasteiger partial charge in [0.2, 0.25) is 23.0 Å². The summed E-state index contributed by atoms with van der Waals surface area (Å²) >= 11 is 0. The van der Waals surface area contributed by atoms with E-state index in [4.69, 9.17) is 13.9 Å². The lowest BCUT2D eigenvalue weighted by molar-refractivity contribution is -0.141. The first-order valence-electron chi connectivity index (χ1n) is 17.0. The number of hydrogen-bond acceptors (Lipinski definition) is 8. The van der Waals surface area contributed by atoms with Gasteiger partial charge in [0.1, 0.15) is 24.7 Å². The van der Waals surface area contributed by atoms with Crippen molar-refractivity contribution in [2.24, 2.45) is 17.3 Å². The third-order valence-corrected chi connectivity index (χ3v) is 9.43. The van der Waals surface area contributed by atoms with Crippen molar-refractivity contribution in [3.63, 3.8) is 0 Å². The Hall–Kier alpha value is -4.55. The predicted molar refractivity (Wildman–Crippen MR) is 181 cm³/mol. The van der Waals surface area contributed by atoms with E-state index in [1.165, 1.54) is 18.1 Å². The van der Waals surface area contributed by atoms with E-state index in [1.807, 2.05) is 51.1 Å². The number of benzene rings is 1. The van der Waals surface area contributed by atoms with Crippen molar-refractivity contribution in [3.8, 4) is 5.75 Å². The average molecular weight is 683 g/mol. The second kappa shape index (κ2) is 17.2. The van der Waals surface area contributed by atoms with Crippen LogP contribution in [0.15, 0.2) is 51.9 Å². The summed E-state index contributed by atoms with van der Waals surface area (Å²) in [4.78, 5) is 67.6. The largest absolute Gasteiger partial charge is 0.490 e. The summed E-state index contributed by atoms with van der Waals surface area (Å²) in [5.74, 6) is -0.496. The maximum Gasteiger partial charge on any atom is 0.407 e. The van der Waals surface area contributed by atoms with Gasteiger partial charge in [-0.1, -0.05) is 76.8 Å². The molecule has 0 bridgehead atoms.